The SMILES string of the molecule is CCN(Cc1ccc(Br)s1)C(=O)C1CC2CCCCC2N1. The number of nitrogens with one attached hydrogen (secondary N) is 1. The molecule has 116 valence electrons. The van der Waals surface area contributed by atoms with Gasteiger partial charge < -0.3 is 10.2 Å². The molecule has 5 heteroatoms. The van der Waals surface area contributed by atoms with Crippen LogP contribution in [0.3, 0.4) is 0 Å². The normalized spacial score (nSPS) is 28.4. The van der Waals surface area contributed by atoms with Gasteiger partial charge in [0.2, 0.25) is 5.91 Å². The molecule has 1 saturated carbocycles. The van der Waals surface area contributed by atoms with Crippen molar-refractivity contribution >= 4 is 33.2 Å². The van der Waals surface area contributed by atoms with Gasteiger partial charge in [0.1, 0.15) is 0 Å². The molecule has 3 unspecified atom stereocenters. The minimum Gasteiger partial charge on any atom is -0.336 e. The van der Waals surface area contributed by atoms with E-state index in [1.54, 1.807) is 11.3 Å². The molecular weight excluding hydrogens is 348 g/mol. The van der Waals surface area contributed by atoms with E-state index in [2.05, 4.69) is 40.3 Å². The summed E-state index contributed by atoms with van der Waals surface area (Å²) in [4.78, 5) is 16.0. The first-order chi connectivity index (χ1) is 10.2. The van der Waals surface area contributed by atoms with Gasteiger partial charge in [0.15, 0.2) is 0 Å². The number of halogens is 1. The number of thiophene rings is 1. The number of likely N-dealkylation sites (N-methyl/N-ethyl adjacent to an activating group) is 1. The first-order valence-corrected chi connectivity index (χ1v) is 9.57. The van der Waals surface area contributed by atoms with E-state index in [-0.39, 0.29) is 11.9 Å². The molecule has 1 aliphatic heterocycles. The monoisotopic (exact) mass is 370 g/mol. The van der Waals surface area contributed by atoms with Crippen molar-refractivity contribution in [2.45, 2.75) is 57.7 Å². The van der Waals surface area contributed by atoms with E-state index in [4.69, 9.17) is 0 Å². The van der Waals surface area contributed by atoms with E-state index >= 15 is 0 Å². The predicted octanol–water partition coefficient (Wildman–Crippen LogP) is 3.78. The zero-order chi connectivity index (χ0) is 14.8. The summed E-state index contributed by atoms with van der Waals surface area (Å²) in [5, 5.41) is 3.60. The Kier molecular flexibility index (Phi) is 5.02. The van der Waals surface area contributed by atoms with Crippen LogP contribution in [0.2, 0.25) is 0 Å². The molecule has 1 aromatic heterocycles. The van der Waals surface area contributed by atoms with Gasteiger partial charge in [0.05, 0.1) is 16.4 Å². The van der Waals surface area contributed by atoms with Crippen molar-refractivity contribution in [2.24, 2.45) is 5.92 Å². The van der Waals surface area contributed by atoms with Crippen LogP contribution >= 0.6 is 27.3 Å². The van der Waals surface area contributed by atoms with Crippen LogP contribution in [0.5, 0.6) is 0 Å². The Morgan fingerprint density at radius 3 is 2.90 bits per heavy atom. The van der Waals surface area contributed by atoms with Gasteiger partial charge in [-0.1, -0.05) is 12.8 Å². The first-order valence-electron chi connectivity index (χ1n) is 7.96. The maximum absolute atomic E-state index is 12.8. The molecule has 1 amide bonds. The Morgan fingerprint density at radius 1 is 1.43 bits per heavy atom. The Balaban J connectivity index is 1.62. The molecule has 0 aromatic carbocycles. The smallest absolute Gasteiger partial charge is 0.240 e. The van der Waals surface area contributed by atoms with Crippen LogP contribution in [0, 0.1) is 5.92 Å². The second kappa shape index (κ2) is 6.80. The lowest BCUT2D eigenvalue weighted by Crippen LogP contribution is -2.45. The van der Waals surface area contributed by atoms with Crippen molar-refractivity contribution in [1.82, 2.24) is 10.2 Å². The molecule has 2 aliphatic rings. The molecule has 0 radical (unpaired) electrons. The maximum Gasteiger partial charge on any atom is 0.240 e. The fraction of sp³-hybridized carbons (Fsp3) is 0.688. The molecule has 3 rings (SSSR count). The molecule has 3 nitrogen and oxygen atoms in total. The van der Waals surface area contributed by atoms with Gasteiger partial charge in [0.25, 0.3) is 0 Å². The van der Waals surface area contributed by atoms with Crippen molar-refractivity contribution in [2.75, 3.05) is 6.54 Å². The van der Waals surface area contributed by atoms with Gasteiger partial charge in [-0.15, -0.1) is 11.3 Å². The minimum absolute atomic E-state index is 0.0430. The van der Waals surface area contributed by atoms with Gasteiger partial charge in [-0.25, -0.2) is 0 Å². The van der Waals surface area contributed by atoms with Crippen molar-refractivity contribution in [3.05, 3.63) is 20.8 Å². The molecule has 21 heavy (non-hydrogen) atoms. The van der Waals surface area contributed by atoms with E-state index in [1.165, 1.54) is 30.6 Å². The molecule has 3 atom stereocenters. The fourth-order valence-electron chi connectivity index (χ4n) is 3.70. The molecule has 2 fully saturated rings. The summed E-state index contributed by atoms with van der Waals surface area (Å²) in [6.07, 6.45) is 6.23. The van der Waals surface area contributed by atoms with Crippen LogP contribution in [0.25, 0.3) is 0 Å². The van der Waals surface area contributed by atoms with Crippen LogP contribution in [0.15, 0.2) is 15.9 Å². The second-order valence-electron chi connectivity index (χ2n) is 6.16. The standard InChI is InChI=1S/C16H23BrN2OS/c1-2-19(10-12-7-8-15(17)21-12)16(20)14-9-11-5-3-4-6-13(11)18-14/h7-8,11,13-14,18H,2-6,9-10H2,1H3. The number of hydrogen-bond donors (Lipinski definition) is 1. The average Bonchev–Trinajstić information content (AvgIpc) is 3.09. The maximum atomic E-state index is 12.8. The largest absolute Gasteiger partial charge is 0.336 e. The van der Waals surface area contributed by atoms with Gasteiger partial charge in [-0.3, -0.25) is 4.79 Å². The highest BCUT2D eigenvalue weighted by atomic mass is 79.9. The Labute approximate surface area is 139 Å². The Bertz CT molecular complexity index is 490. The fourth-order valence-corrected chi connectivity index (χ4v) is 5.20. The van der Waals surface area contributed by atoms with Crippen LogP contribution in [0.1, 0.15) is 43.9 Å². The Hall–Kier alpha value is -0.390. The van der Waals surface area contributed by atoms with Crippen LogP contribution in [-0.2, 0) is 11.3 Å². The molecule has 0 spiro atoms. The van der Waals surface area contributed by atoms with Crippen molar-refractivity contribution < 1.29 is 4.79 Å². The number of carbonyl (C=O) groups excluding carboxylic acids is 1. The van der Waals surface area contributed by atoms with E-state index < -0.39 is 0 Å². The summed E-state index contributed by atoms with van der Waals surface area (Å²) >= 11 is 5.21. The Morgan fingerprint density at radius 2 is 2.24 bits per heavy atom. The molecular formula is C16H23BrN2OS. The first kappa shape index (κ1) is 15.5. The molecule has 1 aromatic rings. The number of nitrogens with zero attached hydrogens (tertiary/aromatic N) is 1. The molecule has 1 N–H and O–H groups in total. The van der Waals surface area contributed by atoms with Gasteiger partial charge in [0, 0.05) is 17.5 Å². The lowest BCUT2D eigenvalue weighted by Gasteiger charge is -2.25. The lowest BCUT2D eigenvalue weighted by molar-refractivity contribution is -0.133. The summed E-state index contributed by atoms with van der Waals surface area (Å²) in [5.41, 5.74) is 0. The quantitative estimate of drug-likeness (QED) is 0.874. The number of carbonyl (C=O) groups is 1. The molecule has 2 heterocycles. The number of amides is 1. The highest BCUT2D eigenvalue weighted by Gasteiger charge is 2.39. The number of fused-ring (bicyclic) bond motifs is 1. The minimum atomic E-state index is 0.0430. The third-order valence-electron chi connectivity index (χ3n) is 4.83. The van der Waals surface area contributed by atoms with Crippen LogP contribution in [-0.4, -0.2) is 29.4 Å². The summed E-state index contributed by atoms with van der Waals surface area (Å²) in [6.45, 7) is 3.59. The highest BCUT2D eigenvalue weighted by Crippen LogP contribution is 2.34. The molecule has 1 saturated heterocycles. The van der Waals surface area contributed by atoms with E-state index in [1.807, 2.05) is 4.90 Å². The van der Waals surface area contributed by atoms with E-state index in [0.717, 1.165) is 29.2 Å². The summed E-state index contributed by atoms with van der Waals surface area (Å²) in [6, 6.07) is 4.79. The van der Waals surface area contributed by atoms with E-state index in [9.17, 15) is 4.79 Å². The van der Waals surface area contributed by atoms with Gasteiger partial charge in [-0.05, 0) is 60.2 Å². The second-order valence-corrected chi connectivity index (χ2v) is 8.71. The third kappa shape index (κ3) is 3.51. The summed E-state index contributed by atoms with van der Waals surface area (Å²) < 4.78 is 1.13. The molecule has 0 bridgehead atoms. The molecule has 1 aliphatic carbocycles. The zero-order valence-corrected chi connectivity index (χ0v) is 14.9. The van der Waals surface area contributed by atoms with Gasteiger partial charge in [-0.2, -0.15) is 0 Å². The summed E-state index contributed by atoms with van der Waals surface area (Å²) in [7, 11) is 0. The highest BCUT2D eigenvalue weighted by molar-refractivity contribution is 9.11. The van der Waals surface area contributed by atoms with Crippen molar-refractivity contribution in [1.29, 1.82) is 0 Å². The predicted molar refractivity (Wildman–Crippen MR) is 90.4 cm³/mol. The lowest BCUT2D eigenvalue weighted by atomic mass is 9.85. The average molecular weight is 371 g/mol. The summed E-state index contributed by atoms with van der Waals surface area (Å²) in [5.74, 6) is 1.01. The van der Waals surface area contributed by atoms with E-state index in [0.29, 0.717) is 6.04 Å². The number of rotatable bonds is 4. The van der Waals surface area contributed by atoms with Crippen molar-refractivity contribution in [3.8, 4) is 0 Å². The van der Waals surface area contributed by atoms with Crippen LogP contribution in [0.4, 0.5) is 0 Å². The zero-order valence-electron chi connectivity index (χ0n) is 12.5. The number of hydrogen-bond acceptors (Lipinski definition) is 3. The third-order valence-corrected chi connectivity index (χ3v) is 6.44. The van der Waals surface area contributed by atoms with Crippen LogP contribution < -0.4 is 5.32 Å². The topological polar surface area (TPSA) is 32.3 Å². The van der Waals surface area contributed by atoms with Gasteiger partial charge >= 0.3 is 0 Å². The van der Waals surface area contributed by atoms with Crippen molar-refractivity contribution in [3.63, 3.8) is 0 Å².